The number of hydrogen-bond acceptors (Lipinski definition) is 3. The number of halogens is 1. The fourth-order valence-corrected chi connectivity index (χ4v) is 3.27. The number of primary amides is 1. The summed E-state index contributed by atoms with van der Waals surface area (Å²) in [5.74, 6) is -0.295. The van der Waals surface area contributed by atoms with Crippen LogP contribution in [0.1, 0.15) is 38.2 Å². The molecule has 1 amide bonds. The van der Waals surface area contributed by atoms with Crippen molar-refractivity contribution in [3.8, 4) is 0 Å². The lowest BCUT2D eigenvalue weighted by atomic mass is 10.1. The molecule has 3 N–H and O–H groups in total. The van der Waals surface area contributed by atoms with Gasteiger partial charge in [-0.1, -0.05) is 37.4 Å². The van der Waals surface area contributed by atoms with Crippen LogP contribution in [0.15, 0.2) is 18.2 Å². The number of hydrogen-bond donors (Lipinski definition) is 2. The van der Waals surface area contributed by atoms with E-state index in [-0.39, 0.29) is 12.5 Å². The maximum Gasteiger partial charge on any atom is 0.236 e. The molecule has 1 aromatic rings. The topological polar surface area (TPSA) is 58.4 Å². The van der Waals surface area contributed by atoms with Crippen molar-refractivity contribution in [1.82, 2.24) is 5.32 Å². The molecule has 116 valence electrons. The molecule has 2 rings (SSSR count). The second-order valence-electron chi connectivity index (χ2n) is 5.55. The summed E-state index contributed by atoms with van der Waals surface area (Å²) in [5.41, 5.74) is 7.54. The van der Waals surface area contributed by atoms with Gasteiger partial charge in [0.25, 0.3) is 0 Å². The van der Waals surface area contributed by atoms with Gasteiger partial charge < -0.3 is 16.0 Å². The molecule has 21 heavy (non-hydrogen) atoms. The van der Waals surface area contributed by atoms with Gasteiger partial charge in [0.15, 0.2) is 0 Å². The zero-order valence-corrected chi connectivity index (χ0v) is 13.3. The Kier molecular flexibility index (Phi) is 5.88. The summed E-state index contributed by atoms with van der Waals surface area (Å²) in [6.07, 6.45) is 4.65. The van der Waals surface area contributed by atoms with Gasteiger partial charge in [-0.3, -0.25) is 4.79 Å². The Bertz CT molecular complexity index is 486. The predicted octanol–water partition coefficient (Wildman–Crippen LogP) is 2.68. The van der Waals surface area contributed by atoms with Crippen LogP contribution in [0.3, 0.4) is 0 Å². The Morgan fingerprint density at radius 2 is 2.14 bits per heavy atom. The van der Waals surface area contributed by atoms with Crippen LogP contribution in [-0.4, -0.2) is 25.0 Å². The van der Waals surface area contributed by atoms with E-state index in [9.17, 15) is 4.79 Å². The summed E-state index contributed by atoms with van der Waals surface area (Å²) < 4.78 is 0. The third kappa shape index (κ3) is 4.11. The summed E-state index contributed by atoms with van der Waals surface area (Å²) >= 11 is 6.37. The molecule has 5 heteroatoms. The molecular weight excluding hydrogens is 286 g/mol. The van der Waals surface area contributed by atoms with E-state index in [1.807, 2.05) is 18.2 Å². The SMILES string of the molecule is CCNCc1c(Cl)cccc1N(CC(N)=O)C1CCCC1. The van der Waals surface area contributed by atoms with Gasteiger partial charge in [-0.15, -0.1) is 0 Å². The summed E-state index contributed by atoms with van der Waals surface area (Å²) in [7, 11) is 0. The molecule has 1 aliphatic carbocycles. The number of anilines is 1. The fraction of sp³-hybridized carbons (Fsp3) is 0.562. The van der Waals surface area contributed by atoms with E-state index in [0.29, 0.717) is 12.6 Å². The summed E-state index contributed by atoms with van der Waals surface area (Å²) in [4.78, 5) is 13.6. The predicted molar refractivity (Wildman–Crippen MR) is 87.6 cm³/mol. The highest BCUT2D eigenvalue weighted by Gasteiger charge is 2.26. The van der Waals surface area contributed by atoms with Crippen LogP contribution < -0.4 is 16.0 Å². The second kappa shape index (κ2) is 7.66. The molecule has 0 aromatic heterocycles. The van der Waals surface area contributed by atoms with E-state index in [2.05, 4.69) is 17.1 Å². The van der Waals surface area contributed by atoms with Crippen LogP contribution in [0, 0.1) is 0 Å². The van der Waals surface area contributed by atoms with Gasteiger partial charge in [-0.25, -0.2) is 0 Å². The van der Waals surface area contributed by atoms with Gasteiger partial charge >= 0.3 is 0 Å². The molecule has 1 fully saturated rings. The molecule has 0 spiro atoms. The average molecular weight is 310 g/mol. The Hall–Kier alpha value is -1.26. The van der Waals surface area contributed by atoms with E-state index in [1.54, 1.807) is 0 Å². The van der Waals surface area contributed by atoms with E-state index in [4.69, 9.17) is 17.3 Å². The number of amides is 1. The minimum Gasteiger partial charge on any atom is -0.368 e. The maximum absolute atomic E-state index is 11.5. The second-order valence-corrected chi connectivity index (χ2v) is 5.96. The van der Waals surface area contributed by atoms with Crippen LogP contribution in [-0.2, 0) is 11.3 Å². The quantitative estimate of drug-likeness (QED) is 0.814. The van der Waals surface area contributed by atoms with Crippen molar-refractivity contribution in [2.24, 2.45) is 5.73 Å². The van der Waals surface area contributed by atoms with Crippen LogP contribution >= 0.6 is 11.6 Å². The Morgan fingerprint density at radius 3 is 2.76 bits per heavy atom. The van der Waals surface area contributed by atoms with Crippen LogP contribution in [0.25, 0.3) is 0 Å². The van der Waals surface area contributed by atoms with Gasteiger partial charge in [0.05, 0.1) is 6.54 Å². The Labute approximate surface area is 131 Å². The lowest BCUT2D eigenvalue weighted by Gasteiger charge is -2.32. The number of benzene rings is 1. The first-order chi connectivity index (χ1) is 10.1. The molecule has 0 radical (unpaired) electrons. The molecule has 0 saturated heterocycles. The fourth-order valence-electron chi connectivity index (χ4n) is 3.04. The van der Waals surface area contributed by atoms with Crippen LogP contribution in [0.5, 0.6) is 0 Å². The lowest BCUT2D eigenvalue weighted by molar-refractivity contribution is -0.116. The van der Waals surface area contributed by atoms with E-state index in [1.165, 1.54) is 12.8 Å². The number of nitrogens with one attached hydrogen (secondary N) is 1. The minimum absolute atomic E-state index is 0.254. The summed E-state index contributed by atoms with van der Waals surface area (Å²) in [5, 5.41) is 4.05. The molecule has 0 aliphatic heterocycles. The smallest absolute Gasteiger partial charge is 0.236 e. The standard InChI is InChI=1S/C16H24ClN3O/c1-2-19-10-13-14(17)8-5-9-15(13)20(11-16(18)21)12-6-3-4-7-12/h5,8-9,12,19H,2-4,6-7,10-11H2,1H3,(H2,18,21). The number of carbonyl (C=O) groups excluding carboxylic acids is 1. The molecule has 0 bridgehead atoms. The molecule has 0 unspecified atom stereocenters. The van der Waals surface area contributed by atoms with Crippen molar-refractivity contribution in [1.29, 1.82) is 0 Å². The van der Waals surface area contributed by atoms with Crippen LogP contribution in [0.2, 0.25) is 5.02 Å². The molecule has 4 nitrogen and oxygen atoms in total. The van der Waals surface area contributed by atoms with E-state index < -0.39 is 0 Å². The molecule has 0 atom stereocenters. The molecule has 1 aromatic carbocycles. The normalized spacial score (nSPS) is 15.3. The Balaban J connectivity index is 2.33. The molecule has 1 aliphatic rings. The summed E-state index contributed by atoms with van der Waals surface area (Å²) in [6.45, 7) is 3.90. The number of carbonyl (C=O) groups is 1. The van der Waals surface area contributed by atoms with E-state index in [0.717, 1.165) is 35.7 Å². The highest BCUT2D eigenvalue weighted by atomic mass is 35.5. The lowest BCUT2D eigenvalue weighted by Crippen LogP contribution is -2.41. The molecule has 1 saturated carbocycles. The van der Waals surface area contributed by atoms with Crippen molar-refractivity contribution in [2.45, 2.75) is 45.2 Å². The highest BCUT2D eigenvalue weighted by molar-refractivity contribution is 6.31. The van der Waals surface area contributed by atoms with Gasteiger partial charge in [-0.2, -0.15) is 0 Å². The zero-order chi connectivity index (χ0) is 15.2. The van der Waals surface area contributed by atoms with Crippen molar-refractivity contribution in [3.63, 3.8) is 0 Å². The molecule has 0 heterocycles. The van der Waals surface area contributed by atoms with Gasteiger partial charge in [-0.05, 0) is 31.5 Å². The van der Waals surface area contributed by atoms with Crippen molar-refractivity contribution in [2.75, 3.05) is 18.0 Å². The van der Waals surface area contributed by atoms with Crippen molar-refractivity contribution < 1.29 is 4.79 Å². The first kappa shape index (κ1) is 16.1. The van der Waals surface area contributed by atoms with E-state index >= 15 is 0 Å². The largest absolute Gasteiger partial charge is 0.368 e. The van der Waals surface area contributed by atoms with Gasteiger partial charge in [0, 0.05) is 28.9 Å². The summed E-state index contributed by atoms with van der Waals surface area (Å²) in [6, 6.07) is 6.27. The first-order valence-corrected chi connectivity index (χ1v) is 8.04. The van der Waals surface area contributed by atoms with Crippen molar-refractivity contribution in [3.05, 3.63) is 28.8 Å². The average Bonchev–Trinajstić information content (AvgIpc) is 2.97. The van der Waals surface area contributed by atoms with Crippen molar-refractivity contribution >= 4 is 23.2 Å². The maximum atomic E-state index is 11.5. The number of nitrogens with two attached hydrogens (primary N) is 1. The third-order valence-corrected chi connectivity index (χ3v) is 4.40. The Morgan fingerprint density at radius 1 is 1.43 bits per heavy atom. The number of rotatable bonds is 7. The zero-order valence-electron chi connectivity index (χ0n) is 12.6. The molecular formula is C16H24ClN3O. The third-order valence-electron chi connectivity index (χ3n) is 4.05. The highest BCUT2D eigenvalue weighted by Crippen LogP contribution is 2.33. The minimum atomic E-state index is -0.295. The van der Waals surface area contributed by atoms with Gasteiger partial charge in [0.2, 0.25) is 5.91 Å². The first-order valence-electron chi connectivity index (χ1n) is 7.66. The van der Waals surface area contributed by atoms with Crippen LogP contribution in [0.4, 0.5) is 5.69 Å². The monoisotopic (exact) mass is 309 g/mol. The van der Waals surface area contributed by atoms with Gasteiger partial charge in [0.1, 0.15) is 0 Å². The number of nitrogens with zero attached hydrogens (tertiary/aromatic N) is 1.